The second kappa shape index (κ2) is 9.07. The SMILES string of the molecule is C[C@@H](CCCC(C)(O)c1ccccc1)C1CCC2C3CC=C4C[C@H](O)CC[C@@]4(C)C3CC[C@]21C. The molecule has 5 unspecified atom stereocenters. The second-order valence-electron chi connectivity index (χ2n) is 13.4. The molecule has 1 aromatic carbocycles. The number of aliphatic hydroxyl groups excluding tert-OH is 1. The average molecular weight is 465 g/mol. The molecule has 1 aromatic rings. The van der Waals surface area contributed by atoms with Crippen LogP contribution >= 0.6 is 0 Å². The summed E-state index contributed by atoms with van der Waals surface area (Å²) in [5.74, 6) is 4.10. The maximum Gasteiger partial charge on any atom is 0.0868 e. The number of hydrogen-bond acceptors (Lipinski definition) is 2. The van der Waals surface area contributed by atoms with Crippen LogP contribution in [0.4, 0.5) is 0 Å². The van der Waals surface area contributed by atoms with Gasteiger partial charge in [-0.05, 0) is 117 Å². The van der Waals surface area contributed by atoms with Crippen molar-refractivity contribution in [3.8, 4) is 0 Å². The molecule has 0 aromatic heterocycles. The topological polar surface area (TPSA) is 40.5 Å². The smallest absolute Gasteiger partial charge is 0.0868 e. The third kappa shape index (κ3) is 4.11. The van der Waals surface area contributed by atoms with E-state index in [-0.39, 0.29) is 6.10 Å². The molecule has 0 aliphatic heterocycles. The van der Waals surface area contributed by atoms with Crippen LogP contribution in [0.1, 0.15) is 104 Å². The van der Waals surface area contributed by atoms with Crippen molar-refractivity contribution < 1.29 is 10.2 Å². The van der Waals surface area contributed by atoms with Crippen LogP contribution < -0.4 is 0 Å². The van der Waals surface area contributed by atoms with Crippen molar-refractivity contribution in [1.29, 1.82) is 0 Å². The molecular formula is C32H48O2. The Morgan fingerprint density at radius 2 is 1.79 bits per heavy atom. The van der Waals surface area contributed by atoms with E-state index in [1.54, 1.807) is 5.57 Å². The van der Waals surface area contributed by atoms with E-state index in [1.807, 2.05) is 25.1 Å². The predicted octanol–water partition coefficient (Wildman–Crippen LogP) is 7.64. The Bertz CT molecular complexity index is 888. The molecular weight excluding hydrogens is 416 g/mol. The van der Waals surface area contributed by atoms with Crippen molar-refractivity contribution in [3.63, 3.8) is 0 Å². The van der Waals surface area contributed by atoms with Crippen LogP contribution in [0.3, 0.4) is 0 Å². The molecule has 4 aliphatic carbocycles. The molecule has 188 valence electrons. The maximum absolute atomic E-state index is 11.0. The number of fused-ring (bicyclic) bond motifs is 5. The Labute approximate surface area is 208 Å². The van der Waals surface area contributed by atoms with Gasteiger partial charge in [-0.3, -0.25) is 0 Å². The highest BCUT2D eigenvalue weighted by atomic mass is 16.3. The van der Waals surface area contributed by atoms with Gasteiger partial charge in [-0.15, -0.1) is 0 Å². The van der Waals surface area contributed by atoms with E-state index in [0.717, 1.165) is 60.8 Å². The molecule has 0 bridgehead atoms. The lowest BCUT2D eigenvalue weighted by Gasteiger charge is -2.58. The first-order chi connectivity index (χ1) is 16.1. The zero-order chi connectivity index (χ0) is 24.1. The van der Waals surface area contributed by atoms with Gasteiger partial charge in [-0.2, -0.15) is 0 Å². The standard InChI is InChI=1S/C32H48O2/c1-22(9-8-18-32(4,34)23-10-6-5-7-11-23)27-14-15-28-26-13-12-24-21-25(33)16-19-30(24,2)29(26)17-20-31(27,28)3/h5-7,10-12,22,25-29,33-34H,8-9,13-21H2,1-4H3/t22-,25+,26?,27?,28?,29?,30+,31-,32?/m0/s1. The molecule has 0 radical (unpaired) electrons. The number of allylic oxidation sites excluding steroid dienone is 1. The third-order valence-electron chi connectivity index (χ3n) is 11.6. The molecule has 2 N–H and O–H groups in total. The summed E-state index contributed by atoms with van der Waals surface area (Å²) in [5, 5.41) is 21.3. The Kier molecular flexibility index (Phi) is 6.56. The van der Waals surface area contributed by atoms with Crippen molar-refractivity contribution in [2.24, 2.45) is 40.4 Å². The molecule has 2 heteroatoms. The molecule has 9 atom stereocenters. The van der Waals surface area contributed by atoms with Crippen molar-refractivity contribution in [1.82, 2.24) is 0 Å². The molecule has 0 amide bonds. The Balaban J connectivity index is 1.24. The number of benzene rings is 1. The first kappa shape index (κ1) is 24.6. The fraction of sp³-hybridized carbons (Fsp3) is 0.750. The van der Waals surface area contributed by atoms with Crippen LogP contribution in [0.25, 0.3) is 0 Å². The summed E-state index contributed by atoms with van der Waals surface area (Å²) < 4.78 is 0. The molecule has 0 spiro atoms. The molecule has 4 aliphatic rings. The third-order valence-corrected chi connectivity index (χ3v) is 11.6. The first-order valence-corrected chi connectivity index (χ1v) is 14.3. The van der Waals surface area contributed by atoms with Crippen LogP contribution in [0.2, 0.25) is 0 Å². The largest absolute Gasteiger partial charge is 0.393 e. The summed E-state index contributed by atoms with van der Waals surface area (Å²) in [5.41, 5.74) is 2.73. The zero-order valence-electron chi connectivity index (χ0n) is 22.1. The van der Waals surface area contributed by atoms with Crippen molar-refractivity contribution in [2.75, 3.05) is 0 Å². The highest BCUT2D eigenvalue weighted by Crippen LogP contribution is 2.67. The lowest BCUT2D eigenvalue weighted by Crippen LogP contribution is -2.50. The van der Waals surface area contributed by atoms with Gasteiger partial charge >= 0.3 is 0 Å². The van der Waals surface area contributed by atoms with Crippen molar-refractivity contribution >= 4 is 0 Å². The summed E-state index contributed by atoms with van der Waals surface area (Å²) in [6.07, 6.45) is 15.6. The van der Waals surface area contributed by atoms with Crippen LogP contribution in [0.15, 0.2) is 42.0 Å². The highest BCUT2D eigenvalue weighted by Gasteiger charge is 2.59. The zero-order valence-corrected chi connectivity index (χ0v) is 22.1. The minimum atomic E-state index is -0.726. The Hall–Kier alpha value is -1.12. The fourth-order valence-corrected chi connectivity index (χ4v) is 9.53. The van der Waals surface area contributed by atoms with E-state index in [0.29, 0.717) is 10.8 Å². The van der Waals surface area contributed by atoms with Gasteiger partial charge in [0.25, 0.3) is 0 Å². The van der Waals surface area contributed by atoms with E-state index < -0.39 is 5.60 Å². The highest BCUT2D eigenvalue weighted by molar-refractivity contribution is 5.25. The average Bonchev–Trinajstić information content (AvgIpc) is 3.17. The van der Waals surface area contributed by atoms with Gasteiger partial charge in [0, 0.05) is 0 Å². The number of rotatable bonds is 6. The number of aliphatic hydroxyl groups is 2. The molecule has 0 heterocycles. The van der Waals surface area contributed by atoms with Gasteiger partial charge in [-0.1, -0.05) is 69.2 Å². The molecule has 3 saturated carbocycles. The number of hydrogen-bond donors (Lipinski definition) is 2. The second-order valence-corrected chi connectivity index (χ2v) is 13.4. The molecule has 34 heavy (non-hydrogen) atoms. The normalized spacial score (nSPS) is 42.1. The Morgan fingerprint density at radius 1 is 1.03 bits per heavy atom. The lowest BCUT2D eigenvalue weighted by atomic mass is 9.47. The van der Waals surface area contributed by atoms with Crippen LogP contribution in [0.5, 0.6) is 0 Å². The van der Waals surface area contributed by atoms with Crippen LogP contribution in [-0.2, 0) is 5.60 Å². The molecule has 0 saturated heterocycles. The van der Waals surface area contributed by atoms with E-state index in [2.05, 4.69) is 39.0 Å². The first-order valence-electron chi connectivity index (χ1n) is 14.3. The Morgan fingerprint density at radius 3 is 2.56 bits per heavy atom. The van der Waals surface area contributed by atoms with Crippen LogP contribution in [-0.4, -0.2) is 16.3 Å². The summed E-state index contributed by atoms with van der Waals surface area (Å²) in [6.45, 7) is 9.67. The molecule has 2 nitrogen and oxygen atoms in total. The van der Waals surface area contributed by atoms with Gasteiger partial charge in [0.1, 0.15) is 0 Å². The van der Waals surface area contributed by atoms with Gasteiger partial charge in [0.15, 0.2) is 0 Å². The van der Waals surface area contributed by atoms with Gasteiger partial charge < -0.3 is 10.2 Å². The van der Waals surface area contributed by atoms with Crippen molar-refractivity contribution in [3.05, 3.63) is 47.5 Å². The van der Waals surface area contributed by atoms with E-state index in [1.165, 1.54) is 44.9 Å². The minimum Gasteiger partial charge on any atom is -0.393 e. The van der Waals surface area contributed by atoms with E-state index in [4.69, 9.17) is 0 Å². The predicted molar refractivity (Wildman–Crippen MR) is 140 cm³/mol. The van der Waals surface area contributed by atoms with Gasteiger partial charge in [-0.25, -0.2) is 0 Å². The van der Waals surface area contributed by atoms with Crippen LogP contribution in [0, 0.1) is 40.4 Å². The maximum atomic E-state index is 11.0. The molecule has 3 fully saturated rings. The van der Waals surface area contributed by atoms with Crippen molar-refractivity contribution in [2.45, 2.75) is 110 Å². The molecule has 5 rings (SSSR count). The monoisotopic (exact) mass is 464 g/mol. The lowest BCUT2D eigenvalue weighted by molar-refractivity contribution is -0.0576. The summed E-state index contributed by atoms with van der Waals surface area (Å²) >= 11 is 0. The summed E-state index contributed by atoms with van der Waals surface area (Å²) in [6, 6.07) is 10.2. The van der Waals surface area contributed by atoms with E-state index >= 15 is 0 Å². The quantitative estimate of drug-likeness (QED) is 0.425. The summed E-state index contributed by atoms with van der Waals surface area (Å²) in [7, 11) is 0. The fourth-order valence-electron chi connectivity index (χ4n) is 9.53. The minimum absolute atomic E-state index is 0.107. The van der Waals surface area contributed by atoms with Gasteiger partial charge in [0.05, 0.1) is 11.7 Å². The van der Waals surface area contributed by atoms with E-state index in [9.17, 15) is 10.2 Å². The summed E-state index contributed by atoms with van der Waals surface area (Å²) in [4.78, 5) is 0. The van der Waals surface area contributed by atoms with Gasteiger partial charge in [0.2, 0.25) is 0 Å².